The van der Waals surface area contributed by atoms with Gasteiger partial charge in [-0.05, 0) is 68.2 Å². The smallest absolute Gasteiger partial charge is 0.245 e. The van der Waals surface area contributed by atoms with Crippen molar-refractivity contribution >= 4 is 17.7 Å². The Kier molecular flexibility index (Phi) is 11.3. The van der Waals surface area contributed by atoms with Crippen LogP contribution in [0, 0.1) is 12.8 Å². The fraction of sp³-hybridized carbons (Fsp3) is 0.595. The van der Waals surface area contributed by atoms with Gasteiger partial charge in [0.2, 0.25) is 17.7 Å². The number of carbonyl (C=O) groups excluding carboxylic acids is 3. The zero-order valence-corrected chi connectivity index (χ0v) is 27.8. The van der Waals surface area contributed by atoms with Crippen molar-refractivity contribution in [1.29, 1.82) is 0 Å². The topological polar surface area (TPSA) is 85.0 Å². The lowest BCUT2D eigenvalue weighted by atomic mass is 9.92. The molecule has 0 saturated carbocycles. The van der Waals surface area contributed by atoms with Crippen molar-refractivity contribution in [2.24, 2.45) is 5.92 Å². The van der Waals surface area contributed by atoms with Crippen LogP contribution in [0.2, 0.25) is 0 Å². The minimum absolute atomic E-state index is 0.0181. The van der Waals surface area contributed by atoms with Gasteiger partial charge in [-0.2, -0.15) is 0 Å². The van der Waals surface area contributed by atoms with E-state index in [1.165, 1.54) is 16.7 Å². The molecule has 0 spiro atoms. The molecule has 5 rings (SSSR count). The number of fused-ring (bicyclic) bond motifs is 1. The largest absolute Gasteiger partial charge is 0.344 e. The summed E-state index contributed by atoms with van der Waals surface area (Å²) in [5.41, 5.74) is 4.70. The molecular weight excluding hydrogens is 562 g/mol. The van der Waals surface area contributed by atoms with Crippen molar-refractivity contribution in [1.82, 2.24) is 25.3 Å². The number of piperidine rings is 2. The van der Waals surface area contributed by atoms with Gasteiger partial charge in [-0.1, -0.05) is 67.9 Å². The predicted octanol–water partition coefficient (Wildman–Crippen LogP) is 4.26. The van der Waals surface area contributed by atoms with Crippen LogP contribution in [0.3, 0.4) is 0 Å². The third-order valence-electron chi connectivity index (χ3n) is 10.00. The minimum atomic E-state index is -0.599. The molecule has 2 N–H and O–H groups in total. The standard InChI is InChI=1S/C37H53N5O3/c1-26(2)25-42(31-14-19-40(20-15-31)28(4)43)32-16-21-41(22-17-32)37(45)35(23-29-11-9-27(3)10-12-29)39-36(44)24-34-33-8-6-5-7-30(33)13-18-38-34/h5-12,26,31-32,34-35,38H,13-25H2,1-4H3,(H,39,44)/t34?,35-/m1/s1. The van der Waals surface area contributed by atoms with Gasteiger partial charge in [-0.25, -0.2) is 0 Å². The number of nitrogens with zero attached hydrogens (tertiary/aromatic N) is 3. The number of benzene rings is 2. The molecule has 3 aliphatic heterocycles. The number of aryl methyl sites for hydroxylation is 1. The monoisotopic (exact) mass is 615 g/mol. The molecule has 8 nitrogen and oxygen atoms in total. The molecular formula is C37H53N5O3. The Labute approximate surface area is 269 Å². The molecule has 2 atom stereocenters. The molecule has 2 fully saturated rings. The SMILES string of the molecule is CC(=O)N1CCC(N(CC(C)C)C2CCN(C(=O)[C@@H](Cc3ccc(C)cc3)NC(=O)CC3NCCc4ccccc43)CC2)CC1. The number of likely N-dealkylation sites (tertiary alicyclic amines) is 2. The van der Waals surface area contributed by atoms with E-state index in [4.69, 9.17) is 0 Å². The highest BCUT2D eigenvalue weighted by Crippen LogP contribution is 2.27. The van der Waals surface area contributed by atoms with Gasteiger partial charge in [0.1, 0.15) is 6.04 Å². The minimum Gasteiger partial charge on any atom is -0.344 e. The normalized spacial score (nSPS) is 20.3. The first-order valence-corrected chi connectivity index (χ1v) is 17.1. The van der Waals surface area contributed by atoms with Crippen LogP contribution in [-0.4, -0.2) is 89.8 Å². The highest BCUT2D eigenvalue weighted by atomic mass is 16.2. The number of rotatable bonds is 10. The Balaban J connectivity index is 1.23. The zero-order valence-electron chi connectivity index (χ0n) is 27.8. The van der Waals surface area contributed by atoms with E-state index >= 15 is 0 Å². The second-order valence-electron chi connectivity index (χ2n) is 13.9. The Hall–Kier alpha value is -3.23. The molecule has 244 valence electrons. The molecule has 3 aliphatic rings. The maximum absolute atomic E-state index is 14.1. The number of nitrogens with one attached hydrogen (secondary N) is 2. The lowest BCUT2D eigenvalue weighted by Crippen LogP contribution is -2.56. The van der Waals surface area contributed by atoms with Crippen LogP contribution in [0.25, 0.3) is 0 Å². The molecule has 3 heterocycles. The van der Waals surface area contributed by atoms with Crippen molar-refractivity contribution < 1.29 is 14.4 Å². The van der Waals surface area contributed by atoms with Crippen LogP contribution in [0.15, 0.2) is 48.5 Å². The fourth-order valence-electron chi connectivity index (χ4n) is 7.54. The highest BCUT2D eigenvalue weighted by molar-refractivity contribution is 5.88. The second kappa shape index (κ2) is 15.4. The average molecular weight is 616 g/mol. The zero-order chi connectivity index (χ0) is 31.9. The van der Waals surface area contributed by atoms with E-state index in [2.05, 4.69) is 78.8 Å². The van der Waals surface area contributed by atoms with Crippen LogP contribution in [-0.2, 0) is 27.2 Å². The molecule has 45 heavy (non-hydrogen) atoms. The quantitative estimate of drug-likeness (QED) is 0.418. The van der Waals surface area contributed by atoms with Gasteiger partial charge in [-0.15, -0.1) is 0 Å². The number of amides is 3. The molecule has 2 aromatic rings. The summed E-state index contributed by atoms with van der Waals surface area (Å²) in [6, 6.07) is 16.8. The first-order valence-electron chi connectivity index (χ1n) is 17.1. The Morgan fingerprint density at radius 1 is 0.911 bits per heavy atom. The lowest BCUT2D eigenvalue weighted by Gasteiger charge is -2.46. The predicted molar refractivity (Wildman–Crippen MR) is 179 cm³/mol. The molecule has 0 radical (unpaired) electrons. The van der Waals surface area contributed by atoms with Gasteiger partial charge >= 0.3 is 0 Å². The summed E-state index contributed by atoms with van der Waals surface area (Å²) in [5, 5.41) is 6.68. The third kappa shape index (κ3) is 8.73. The lowest BCUT2D eigenvalue weighted by molar-refractivity contribution is -0.138. The number of hydrogen-bond acceptors (Lipinski definition) is 5. The van der Waals surface area contributed by atoms with Gasteiger partial charge in [-0.3, -0.25) is 19.3 Å². The molecule has 8 heteroatoms. The van der Waals surface area contributed by atoms with Crippen molar-refractivity contribution in [2.75, 3.05) is 39.3 Å². The van der Waals surface area contributed by atoms with Crippen molar-refractivity contribution in [3.8, 4) is 0 Å². The number of carbonyl (C=O) groups is 3. The van der Waals surface area contributed by atoms with E-state index in [-0.39, 0.29) is 23.8 Å². The molecule has 0 bridgehead atoms. The van der Waals surface area contributed by atoms with Crippen LogP contribution < -0.4 is 10.6 Å². The van der Waals surface area contributed by atoms with Crippen molar-refractivity contribution in [3.63, 3.8) is 0 Å². The maximum atomic E-state index is 14.1. The highest BCUT2D eigenvalue weighted by Gasteiger charge is 2.35. The van der Waals surface area contributed by atoms with Gasteiger partial charge in [0.15, 0.2) is 0 Å². The average Bonchev–Trinajstić information content (AvgIpc) is 3.04. The van der Waals surface area contributed by atoms with Gasteiger partial charge in [0, 0.05) is 70.6 Å². The van der Waals surface area contributed by atoms with Crippen molar-refractivity contribution in [3.05, 3.63) is 70.8 Å². The number of hydrogen-bond donors (Lipinski definition) is 2. The van der Waals surface area contributed by atoms with E-state index in [9.17, 15) is 14.4 Å². The molecule has 0 aromatic heterocycles. The maximum Gasteiger partial charge on any atom is 0.245 e. The molecule has 2 saturated heterocycles. The molecule has 3 amide bonds. The van der Waals surface area contributed by atoms with E-state index < -0.39 is 6.04 Å². The van der Waals surface area contributed by atoms with Crippen molar-refractivity contribution in [2.45, 2.75) is 96.8 Å². The Bertz CT molecular complexity index is 1300. The van der Waals surface area contributed by atoms with E-state index in [1.807, 2.05) is 15.9 Å². The van der Waals surface area contributed by atoms with Gasteiger partial charge < -0.3 is 20.4 Å². The van der Waals surface area contributed by atoms with Gasteiger partial charge in [0.05, 0.1) is 0 Å². The van der Waals surface area contributed by atoms with E-state index in [0.717, 1.165) is 63.8 Å². The summed E-state index contributed by atoms with van der Waals surface area (Å²) in [7, 11) is 0. The Morgan fingerprint density at radius 2 is 1.53 bits per heavy atom. The third-order valence-corrected chi connectivity index (χ3v) is 10.00. The second-order valence-corrected chi connectivity index (χ2v) is 13.9. The summed E-state index contributed by atoms with van der Waals surface area (Å²) in [6.07, 6.45) is 5.63. The summed E-state index contributed by atoms with van der Waals surface area (Å²) in [6.45, 7) is 13.2. The first-order chi connectivity index (χ1) is 21.7. The molecule has 2 aromatic carbocycles. The van der Waals surface area contributed by atoms with Crippen LogP contribution in [0.4, 0.5) is 0 Å². The summed E-state index contributed by atoms with van der Waals surface area (Å²) >= 11 is 0. The molecule has 1 unspecified atom stereocenters. The summed E-state index contributed by atoms with van der Waals surface area (Å²) < 4.78 is 0. The summed E-state index contributed by atoms with van der Waals surface area (Å²) in [5.74, 6) is 0.645. The summed E-state index contributed by atoms with van der Waals surface area (Å²) in [4.78, 5) is 46.1. The van der Waals surface area contributed by atoms with Crippen LogP contribution >= 0.6 is 0 Å². The molecule has 0 aliphatic carbocycles. The van der Waals surface area contributed by atoms with Gasteiger partial charge in [0.25, 0.3) is 0 Å². The van der Waals surface area contributed by atoms with Crippen LogP contribution in [0.1, 0.15) is 81.2 Å². The fourth-order valence-corrected chi connectivity index (χ4v) is 7.54. The van der Waals surface area contributed by atoms with Crippen LogP contribution in [0.5, 0.6) is 0 Å². The first kappa shape index (κ1) is 33.1. The Morgan fingerprint density at radius 3 is 2.16 bits per heavy atom. The van der Waals surface area contributed by atoms with E-state index in [0.29, 0.717) is 43.9 Å². The van der Waals surface area contributed by atoms with E-state index in [1.54, 1.807) is 6.92 Å².